The van der Waals surface area contributed by atoms with Crippen LogP contribution in [-0.2, 0) is 9.59 Å². The summed E-state index contributed by atoms with van der Waals surface area (Å²) in [6.07, 6.45) is 0.225. The van der Waals surface area contributed by atoms with Crippen LogP contribution in [0.25, 0.3) is 0 Å². The maximum atomic E-state index is 11.9. The Morgan fingerprint density at radius 3 is 2.71 bits per heavy atom. The van der Waals surface area contributed by atoms with Gasteiger partial charge in [-0.05, 0) is 31.0 Å². The first kappa shape index (κ1) is 11.6. The number of hydrogen-bond donors (Lipinski definition) is 1. The van der Waals surface area contributed by atoms with Gasteiger partial charge in [-0.2, -0.15) is 0 Å². The van der Waals surface area contributed by atoms with E-state index in [4.69, 9.17) is 5.73 Å². The molecule has 0 spiro atoms. The van der Waals surface area contributed by atoms with E-state index in [1.807, 2.05) is 32.0 Å². The fraction of sp³-hybridized carbons (Fsp3) is 0.385. The van der Waals surface area contributed by atoms with Crippen molar-refractivity contribution in [3.8, 4) is 0 Å². The smallest absolute Gasteiger partial charge is 0.227 e. The SMILES string of the molecule is Cc1cccc(N2C[C@@H](C(N)=O)CC2=O)c1C. The van der Waals surface area contributed by atoms with E-state index in [0.29, 0.717) is 6.54 Å². The average Bonchev–Trinajstić information content (AvgIpc) is 2.65. The number of amides is 2. The first-order valence-electron chi connectivity index (χ1n) is 5.66. The van der Waals surface area contributed by atoms with Gasteiger partial charge in [-0.1, -0.05) is 12.1 Å². The first-order valence-corrected chi connectivity index (χ1v) is 5.66. The molecular formula is C13H16N2O2. The molecule has 1 atom stereocenters. The molecular weight excluding hydrogens is 216 g/mol. The van der Waals surface area contributed by atoms with Crippen molar-refractivity contribution in [3.05, 3.63) is 29.3 Å². The van der Waals surface area contributed by atoms with E-state index >= 15 is 0 Å². The minimum Gasteiger partial charge on any atom is -0.369 e. The summed E-state index contributed by atoms with van der Waals surface area (Å²) in [4.78, 5) is 24.7. The van der Waals surface area contributed by atoms with Gasteiger partial charge in [-0.15, -0.1) is 0 Å². The third kappa shape index (κ3) is 2.02. The zero-order valence-electron chi connectivity index (χ0n) is 10.1. The number of aryl methyl sites for hydroxylation is 1. The molecule has 0 unspecified atom stereocenters. The highest BCUT2D eigenvalue weighted by Gasteiger charge is 2.34. The molecule has 4 nitrogen and oxygen atoms in total. The van der Waals surface area contributed by atoms with E-state index in [1.165, 1.54) is 0 Å². The van der Waals surface area contributed by atoms with Crippen molar-refractivity contribution in [2.24, 2.45) is 11.7 Å². The van der Waals surface area contributed by atoms with Crippen molar-refractivity contribution < 1.29 is 9.59 Å². The number of hydrogen-bond acceptors (Lipinski definition) is 2. The first-order chi connectivity index (χ1) is 8.00. The molecule has 1 saturated heterocycles. The molecule has 0 radical (unpaired) electrons. The molecule has 2 N–H and O–H groups in total. The van der Waals surface area contributed by atoms with Gasteiger partial charge in [0.05, 0.1) is 5.92 Å². The van der Waals surface area contributed by atoms with Crippen LogP contribution in [0, 0.1) is 19.8 Å². The summed E-state index contributed by atoms with van der Waals surface area (Å²) in [5.41, 5.74) is 8.35. The van der Waals surface area contributed by atoms with Crippen molar-refractivity contribution in [1.82, 2.24) is 0 Å². The molecule has 1 fully saturated rings. The van der Waals surface area contributed by atoms with E-state index in [1.54, 1.807) is 4.90 Å². The predicted molar refractivity (Wildman–Crippen MR) is 65.6 cm³/mol. The van der Waals surface area contributed by atoms with Gasteiger partial charge < -0.3 is 10.6 Å². The lowest BCUT2D eigenvalue weighted by Gasteiger charge is -2.19. The second kappa shape index (κ2) is 4.20. The maximum Gasteiger partial charge on any atom is 0.227 e. The minimum absolute atomic E-state index is 0.0255. The topological polar surface area (TPSA) is 63.4 Å². The highest BCUT2D eigenvalue weighted by atomic mass is 16.2. The Morgan fingerprint density at radius 2 is 2.12 bits per heavy atom. The van der Waals surface area contributed by atoms with Gasteiger partial charge in [-0.25, -0.2) is 0 Å². The average molecular weight is 232 g/mol. The summed E-state index contributed by atoms with van der Waals surface area (Å²) in [5, 5.41) is 0. The number of carbonyl (C=O) groups excluding carboxylic acids is 2. The monoisotopic (exact) mass is 232 g/mol. The second-order valence-electron chi connectivity index (χ2n) is 4.53. The Hall–Kier alpha value is -1.84. The Morgan fingerprint density at radius 1 is 1.41 bits per heavy atom. The maximum absolute atomic E-state index is 11.9. The van der Waals surface area contributed by atoms with E-state index in [0.717, 1.165) is 16.8 Å². The summed E-state index contributed by atoms with van der Waals surface area (Å²) in [7, 11) is 0. The number of benzene rings is 1. The lowest BCUT2D eigenvalue weighted by atomic mass is 10.1. The van der Waals surface area contributed by atoms with Crippen molar-refractivity contribution >= 4 is 17.5 Å². The zero-order chi connectivity index (χ0) is 12.6. The molecule has 2 rings (SSSR count). The van der Waals surface area contributed by atoms with Gasteiger partial charge in [-0.3, -0.25) is 9.59 Å². The van der Waals surface area contributed by atoms with Crippen molar-refractivity contribution in [1.29, 1.82) is 0 Å². The van der Waals surface area contributed by atoms with Crippen molar-refractivity contribution in [2.45, 2.75) is 20.3 Å². The molecule has 0 saturated carbocycles. The third-order valence-corrected chi connectivity index (χ3v) is 3.39. The van der Waals surface area contributed by atoms with Crippen LogP contribution < -0.4 is 10.6 Å². The van der Waals surface area contributed by atoms with Crippen LogP contribution in [0.15, 0.2) is 18.2 Å². The quantitative estimate of drug-likeness (QED) is 0.831. The Bertz CT molecular complexity index is 482. The highest BCUT2D eigenvalue weighted by molar-refractivity contribution is 6.00. The molecule has 17 heavy (non-hydrogen) atoms. The van der Waals surface area contributed by atoms with Crippen LogP contribution in [0.2, 0.25) is 0 Å². The molecule has 4 heteroatoms. The van der Waals surface area contributed by atoms with Crippen molar-refractivity contribution in [3.63, 3.8) is 0 Å². The van der Waals surface area contributed by atoms with E-state index in [2.05, 4.69) is 0 Å². The van der Waals surface area contributed by atoms with Crippen LogP contribution in [0.1, 0.15) is 17.5 Å². The molecule has 90 valence electrons. The van der Waals surface area contributed by atoms with Gasteiger partial charge in [0.2, 0.25) is 11.8 Å². The summed E-state index contributed by atoms with van der Waals surface area (Å²) in [6.45, 7) is 4.39. The molecule has 0 aromatic heterocycles. The van der Waals surface area contributed by atoms with Gasteiger partial charge in [0.25, 0.3) is 0 Å². The van der Waals surface area contributed by atoms with E-state index in [-0.39, 0.29) is 18.2 Å². The molecule has 0 bridgehead atoms. The van der Waals surface area contributed by atoms with Gasteiger partial charge in [0, 0.05) is 18.7 Å². The van der Waals surface area contributed by atoms with E-state index in [9.17, 15) is 9.59 Å². The van der Waals surface area contributed by atoms with Gasteiger partial charge in [0.1, 0.15) is 0 Å². The largest absolute Gasteiger partial charge is 0.369 e. The normalized spacial score (nSPS) is 19.8. The fourth-order valence-corrected chi connectivity index (χ4v) is 2.16. The summed E-state index contributed by atoms with van der Waals surface area (Å²) < 4.78 is 0. The molecule has 2 amide bonds. The number of nitrogens with zero attached hydrogens (tertiary/aromatic N) is 1. The number of rotatable bonds is 2. The van der Waals surface area contributed by atoms with Gasteiger partial charge >= 0.3 is 0 Å². The molecule has 1 heterocycles. The van der Waals surface area contributed by atoms with Gasteiger partial charge in [0.15, 0.2) is 0 Å². The molecule has 1 aliphatic rings. The van der Waals surface area contributed by atoms with Crippen LogP contribution in [0.5, 0.6) is 0 Å². The highest BCUT2D eigenvalue weighted by Crippen LogP contribution is 2.29. The zero-order valence-corrected chi connectivity index (χ0v) is 10.1. The third-order valence-electron chi connectivity index (χ3n) is 3.39. The summed E-state index contributed by atoms with van der Waals surface area (Å²) >= 11 is 0. The summed E-state index contributed by atoms with van der Waals surface area (Å²) in [5.74, 6) is -0.781. The lowest BCUT2D eigenvalue weighted by molar-refractivity contribution is -0.123. The molecule has 0 aliphatic carbocycles. The van der Waals surface area contributed by atoms with Crippen LogP contribution in [0.4, 0.5) is 5.69 Å². The second-order valence-corrected chi connectivity index (χ2v) is 4.53. The molecule has 1 aliphatic heterocycles. The lowest BCUT2D eigenvalue weighted by Crippen LogP contribution is -2.28. The predicted octanol–water partition coefficient (Wildman–Crippen LogP) is 1.14. The molecule has 1 aromatic rings. The number of primary amides is 1. The number of anilines is 1. The van der Waals surface area contributed by atoms with Crippen LogP contribution >= 0.6 is 0 Å². The Balaban J connectivity index is 2.32. The minimum atomic E-state index is -0.397. The van der Waals surface area contributed by atoms with Crippen molar-refractivity contribution in [2.75, 3.05) is 11.4 Å². The molecule has 1 aromatic carbocycles. The van der Waals surface area contributed by atoms with Crippen LogP contribution in [-0.4, -0.2) is 18.4 Å². The number of nitrogens with two attached hydrogens (primary N) is 1. The van der Waals surface area contributed by atoms with Crippen LogP contribution in [0.3, 0.4) is 0 Å². The number of carbonyl (C=O) groups is 2. The standard InChI is InChI=1S/C13H16N2O2/c1-8-4-3-5-11(9(8)2)15-7-10(13(14)17)6-12(15)16/h3-5,10H,6-7H2,1-2H3,(H2,14,17)/t10-/m0/s1. The van der Waals surface area contributed by atoms with E-state index < -0.39 is 5.91 Å². The Labute approximate surface area is 100 Å². The fourth-order valence-electron chi connectivity index (χ4n) is 2.16. The summed E-state index contributed by atoms with van der Waals surface area (Å²) in [6, 6.07) is 5.83. The Kier molecular flexibility index (Phi) is 2.88.